The van der Waals surface area contributed by atoms with E-state index in [9.17, 15) is 4.79 Å². The normalized spacial score (nSPS) is 18.9. The van der Waals surface area contributed by atoms with Gasteiger partial charge in [-0.05, 0) is 12.0 Å². The van der Waals surface area contributed by atoms with Gasteiger partial charge in [0.1, 0.15) is 6.61 Å². The Morgan fingerprint density at radius 2 is 2.16 bits per heavy atom. The van der Waals surface area contributed by atoms with Gasteiger partial charge in [0.25, 0.3) is 0 Å². The van der Waals surface area contributed by atoms with Gasteiger partial charge in [0.2, 0.25) is 0 Å². The number of hydrogen-bond donors (Lipinski definition) is 1. The molecular formula is C15H22N2O2. The van der Waals surface area contributed by atoms with Gasteiger partial charge in [-0.1, -0.05) is 44.2 Å². The smallest absolute Gasteiger partial charge is 0.410 e. The average molecular weight is 262 g/mol. The lowest BCUT2D eigenvalue weighted by molar-refractivity contribution is 0.103. The molecule has 0 unspecified atom stereocenters. The van der Waals surface area contributed by atoms with E-state index < -0.39 is 0 Å². The number of amides is 1. The predicted molar refractivity (Wildman–Crippen MR) is 74.9 cm³/mol. The van der Waals surface area contributed by atoms with E-state index in [0.29, 0.717) is 18.7 Å². The number of nitrogens with one attached hydrogen (secondary N) is 1. The Kier molecular flexibility index (Phi) is 4.80. The second-order valence-electron chi connectivity index (χ2n) is 5.29. The van der Waals surface area contributed by atoms with Crippen LogP contribution in [-0.4, -0.2) is 36.2 Å². The molecule has 4 heteroatoms. The van der Waals surface area contributed by atoms with Gasteiger partial charge in [0.05, 0.1) is 0 Å². The number of ether oxygens (including phenoxy) is 1. The van der Waals surface area contributed by atoms with Crippen LogP contribution in [0, 0.1) is 0 Å². The van der Waals surface area contributed by atoms with Crippen molar-refractivity contribution in [1.82, 2.24) is 10.2 Å². The van der Waals surface area contributed by atoms with Gasteiger partial charge in [0.15, 0.2) is 0 Å². The Labute approximate surface area is 114 Å². The first-order valence-corrected chi connectivity index (χ1v) is 6.87. The summed E-state index contributed by atoms with van der Waals surface area (Å²) >= 11 is 0. The van der Waals surface area contributed by atoms with Crippen molar-refractivity contribution in [2.24, 2.45) is 0 Å². The van der Waals surface area contributed by atoms with Crippen LogP contribution in [0.1, 0.15) is 25.8 Å². The first-order chi connectivity index (χ1) is 9.15. The third kappa shape index (κ3) is 4.24. The SMILES string of the molecule is CC(C)N[C@H]1CCN(C(=O)OCc2ccccc2)C1. The van der Waals surface area contributed by atoms with Gasteiger partial charge in [-0.3, -0.25) is 0 Å². The molecule has 1 aliphatic rings. The first kappa shape index (κ1) is 13.9. The molecule has 104 valence electrons. The Morgan fingerprint density at radius 3 is 2.84 bits per heavy atom. The summed E-state index contributed by atoms with van der Waals surface area (Å²) in [5.41, 5.74) is 1.02. The Balaban J connectivity index is 1.75. The van der Waals surface area contributed by atoms with E-state index in [0.717, 1.165) is 25.1 Å². The van der Waals surface area contributed by atoms with Crippen molar-refractivity contribution in [3.63, 3.8) is 0 Å². The van der Waals surface area contributed by atoms with Gasteiger partial charge in [0, 0.05) is 25.2 Å². The maximum atomic E-state index is 11.9. The third-order valence-electron chi connectivity index (χ3n) is 3.22. The summed E-state index contributed by atoms with van der Waals surface area (Å²) in [6.45, 7) is 6.11. The van der Waals surface area contributed by atoms with Crippen LogP contribution < -0.4 is 5.32 Å². The highest BCUT2D eigenvalue weighted by molar-refractivity contribution is 5.68. The number of rotatable bonds is 4. The molecule has 0 aromatic heterocycles. The molecule has 1 aromatic rings. The second-order valence-corrected chi connectivity index (χ2v) is 5.29. The van der Waals surface area contributed by atoms with Crippen molar-refractivity contribution in [3.05, 3.63) is 35.9 Å². The Bertz CT molecular complexity index is 406. The molecule has 4 nitrogen and oxygen atoms in total. The number of benzene rings is 1. The van der Waals surface area contributed by atoms with Gasteiger partial charge in [-0.2, -0.15) is 0 Å². The zero-order valence-electron chi connectivity index (χ0n) is 11.6. The number of hydrogen-bond acceptors (Lipinski definition) is 3. The van der Waals surface area contributed by atoms with Crippen LogP contribution in [0.15, 0.2) is 30.3 Å². The number of likely N-dealkylation sites (tertiary alicyclic amines) is 1. The summed E-state index contributed by atoms with van der Waals surface area (Å²) in [5, 5.41) is 3.45. The molecule has 1 N–H and O–H groups in total. The van der Waals surface area contributed by atoms with Crippen molar-refractivity contribution in [2.45, 2.75) is 39.0 Å². The van der Waals surface area contributed by atoms with E-state index in [1.807, 2.05) is 30.3 Å². The van der Waals surface area contributed by atoms with Gasteiger partial charge < -0.3 is 15.0 Å². The standard InChI is InChI=1S/C15H22N2O2/c1-12(2)16-14-8-9-17(10-14)15(18)19-11-13-6-4-3-5-7-13/h3-7,12,14,16H,8-11H2,1-2H3/t14-/m0/s1. The molecule has 0 radical (unpaired) electrons. The summed E-state index contributed by atoms with van der Waals surface area (Å²) in [5.74, 6) is 0. The van der Waals surface area contributed by atoms with Gasteiger partial charge in [-0.15, -0.1) is 0 Å². The Morgan fingerprint density at radius 1 is 1.42 bits per heavy atom. The summed E-state index contributed by atoms with van der Waals surface area (Å²) in [4.78, 5) is 13.7. The molecule has 1 aliphatic heterocycles. The molecule has 1 atom stereocenters. The fourth-order valence-corrected chi connectivity index (χ4v) is 2.34. The zero-order chi connectivity index (χ0) is 13.7. The van der Waals surface area contributed by atoms with Crippen LogP contribution in [0.2, 0.25) is 0 Å². The highest BCUT2D eigenvalue weighted by Crippen LogP contribution is 2.12. The topological polar surface area (TPSA) is 41.6 Å². The van der Waals surface area contributed by atoms with E-state index in [-0.39, 0.29) is 6.09 Å². The molecule has 2 rings (SSSR count). The van der Waals surface area contributed by atoms with E-state index in [1.54, 1.807) is 4.90 Å². The predicted octanol–water partition coefficient (Wildman–Crippen LogP) is 2.40. The average Bonchev–Trinajstić information content (AvgIpc) is 2.85. The van der Waals surface area contributed by atoms with Gasteiger partial charge >= 0.3 is 6.09 Å². The van der Waals surface area contributed by atoms with E-state index >= 15 is 0 Å². The van der Waals surface area contributed by atoms with Crippen molar-refractivity contribution in [3.8, 4) is 0 Å². The summed E-state index contributed by atoms with van der Waals surface area (Å²) in [7, 11) is 0. The summed E-state index contributed by atoms with van der Waals surface area (Å²) < 4.78 is 5.32. The van der Waals surface area contributed by atoms with Crippen LogP contribution in [0.5, 0.6) is 0 Å². The maximum absolute atomic E-state index is 11.9. The number of carbonyl (C=O) groups excluding carboxylic acids is 1. The van der Waals surface area contributed by atoms with Gasteiger partial charge in [-0.25, -0.2) is 4.79 Å². The molecule has 1 aromatic carbocycles. The van der Waals surface area contributed by atoms with Crippen LogP contribution >= 0.6 is 0 Å². The van der Waals surface area contributed by atoms with Crippen LogP contribution in [0.3, 0.4) is 0 Å². The first-order valence-electron chi connectivity index (χ1n) is 6.87. The van der Waals surface area contributed by atoms with E-state index in [1.165, 1.54) is 0 Å². The molecule has 1 saturated heterocycles. The minimum Gasteiger partial charge on any atom is -0.445 e. The lowest BCUT2D eigenvalue weighted by Crippen LogP contribution is -2.38. The third-order valence-corrected chi connectivity index (χ3v) is 3.22. The Hall–Kier alpha value is -1.55. The molecule has 0 bridgehead atoms. The fourth-order valence-electron chi connectivity index (χ4n) is 2.34. The summed E-state index contributed by atoms with van der Waals surface area (Å²) in [6, 6.07) is 10.6. The molecular weight excluding hydrogens is 240 g/mol. The lowest BCUT2D eigenvalue weighted by atomic mass is 10.2. The quantitative estimate of drug-likeness (QED) is 0.906. The van der Waals surface area contributed by atoms with Crippen LogP contribution in [-0.2, 0) is 11.3 Å². The van der Waals surface area contributed by atoms with E-state index in [2.05, 4.69) is 19.2 Å². The molecule has 0 spiro atoms. The molecule has 19 heavy (non-hydrogen) atoms. The molecule has 0 aliphatic carbocycles. The van der Waals surface area contributed by atoms with Crippen molar-refractivity contribution in [2.75, 3.05) is 13.1 Å². The molecule has 0 saturated carbocycles. The molecule has 1 amide bonds. The summed E-state index contributed by atoms with van der Waals surface area (Å²) in [6.07, 6.45) is 0.787. The minimum absolute atomic E-state index is 0.211. The van der Waals surface area contributed by atoms with Crippen LogP contribution in [0.4, 0.5) is 4.79 Å². The maximum Gasteiger partial charge on any atom is 0.410 e. The largest absolute Gasteiger partial charge is 0.445 e. The molecule has 1 heterocycles. The fraction of sp³-hybridized carbons (Fsp3) is 0.533. The highest BCUT2D eigenvalue weighted by atomic mass is 16.6. The highest BCUT2D eigenvalue weighted by Gasteiger charge is 2.27. The van der Waals surface area contributed by atoms with Crippen molar-refractivity contribution >= 4 is 6.09 Å². The second kappa shape index (κ2) is 6.57. The van der Waals surface area contributed by atoms with E-state index in [4.69, 9.17) is 4.74 Å². The monoisotopic (exact) mass is 262 g/mol. The van der Waals surface area contributed by atoms with Crippen LogP contribution in [0.25, 0.3) is 0 Å². The number of carbonyl (C=O) groups is 1. The zero-order valence-corrected chi connectivity index (χ0v) is 11.6. The van der Waals surface area contributed by atoms with Crippen molar-refractivity contribution in [1.29, 1.82) is 0 Å². The lowest BCUT2D eigenvalue weighted by Gasteiger charge is -2.18. The number of nitrogens with zero attached hydrogens (tertiary/aromatic N) is 1. The minimum atomic E-state index is -0.211. The molecule has 1 fully saturated rings. The van der Waals surface area contributed by atoms with Crippen molar-refractivity contribution < 1.29 is 9.53 Å².